The van der Waals surface area contributed by atoms with Gasteiger partial charge in [-0.1, -0.05) is 15.9 Å². The highest BCUT2D eigenvalue weighted by molar-refractivity contribution is 9.10. The summed E-state index contributed by atoms with van der Waals surface area (Å²) >= 11 is 3.37. The summed E-state index contributed by atoms with van der Waals surface area (Å²) in [5.41, 5.74) is 0.674. The second kappa shape index (κ2) is 8.29. The Hall–Kier alpha value is -2.15. The molecule has 0 bridgehead atoms. The van der Waals surface area contributed by atoms with Crippen molar-refractivity contribution in [1.82, 2.24) is 15.3 Å². The van der Waals surface area contributed by atoms with E-state index < -0.39 is 0 Å². The molecule has 0 aliphatic heterocycles. The zero-order valence-corrected chi connectivity index (χ0v) is 15.5. The highest BCUT2D eigenvalue weighted by atomic mass is 79.9. The van der Waals surface area contributed by atoms with E-state index in [1.807, 2.05) is 24.3 Å². The van der Waals surface area contributed by atoms with Crippen LogP contribution in [0.15, 0.2) is 41.1 Å². The zero-order chi connectivity index (χ0) is 17.6. The Labute approximate surface area is 155 Å². The van der Waals surface area contributed by atoms with Crippen molar-refractivity contribution in [3.05, 3.63) is 46.7 Å². The number of aromatic nitrogens is 2. The van der Waals surface area contributed by atoms with Crippen LogP contribution >= 0.6 is 15.9 Å². The molecule has 0 radical (unpaired) electrons. The van der Waals surface area contributed by atoms with E-state index in [-0.39, 0.29) is 18.1 Å². The van der Waals surface area contributed by atoms with Crippen molar-refractivity contribution in [3.63, 3.8) is 0 Å². The average molecular weight is 406 g/mol. The maximum absolute atomic E-state index is 12.3. The third kappa shape index (κ3) is 4.92. The highest BCUT2D eigenvalue weighted by Crippen LogP contribution is 2.24. The van der Waals surface area contributed by atoms with E-state index in [0.29, 0.717) is 17.3 Å². The maximum atomic E-state index is 12.3. The van der Waals surface area contributed by atoms with Gasteiger partial charge in [0.1, 0.15) is 6.10 Å². The standard InChI is InChI=1S/C18H20BrN3O3/c1-24-16-10-20-11-17(22-16)25-15-8-6-14(7-9-15)21-18(23)12-2-4-13(19)5-3-12/h2-5,10-11,14-15H,6-9H2,1H3,(H,21,23). The molecule has 6 nitrogen and oxygen atoms in total. The first-order valence-corrected chi connectivity index (χ1v) is 9.02. The lowest BCUT2D eigenvalue weighted by atomic mass is 9.92. The van der Waals surface area contributed by atoms with Gasteiger partial charge in [-0.25, -0.2) is 0 Å². The number of amides is 1. The van der Waals surface area contributed by atoms with Crippen LogP contribution in [0.25, 0.3) is 0 Å². The molecule has 2 aromatic rings. The van der Waals surface area contributed by atoms with Gasteiger partial charge in [-0.05, 0) is 49.9 Å². The molecule has 7 heteroatoms. The lowest BCUT2D eigenvalue weighted by Crippen LogP contribution is -2.39. The SMILES string of the molecule is COc1cncc(OC2CCC(NC(=O)c3ccc(Br)cc3)CC2)n1. The van der Waals surface area contributed by atoms with Crippen molar-refractivity contribution in [1.29, 1.82) is 0 Å². The van der Waals surface area contributed by atoms with Crippen molar-refractivity contribution in [2.75, 3.05) is 7.11 Å². The second-order valence-corrected chi connectivity index (χ2v) is 6.89. The van der Waals surface area contributed by atoms with Gasteiger partial charge < -0.3 is 14.8 Å². The Morgan fingerprint density at radius 3 is 2.48 bits per heavy atom. The molecular formula is C18H20BrN3O3. The summed E-state index contributed by atoms with van der Waals surface area (Å²) in [5, 5.41) is 3.10. The monoisotopic (exact) mass is 405 g/mol. The summed E-state index contributed by atoms with van der Waals surface area (Å²) in [6, 6.07) is 7.54. The van der Waals surface area contributed by atoms with E-state index >= 15 is 0 Å². The molecule has 1 aliphatic carbocycles. The summed E-state index contributed by atoms with van der Waals surface area (Å²) < 4.78 is 11.9. The third-order valence-electron chi connectivity index (χ3n) is 4.20. The fraction of sp³-hybridized carbons (Fsp3) is 0.389. The van der Waals surface area contributed by atoms with Gasteiger partial charge in [0, 0.05) is 16.1 Å². The number of ether oxygens (including phenoxy) is 2. The molecule has 1 N–H and O–H groups in total. The van der Waals surface area contributed by atoms with Crippen molar-refractivity contribution in [2.45, 2.75) is 37.8 Å². The first-order valence-electron chi connectivity index (χ1n) is 8.23. The molecule has 0 unspecified atom stereocenters. The van der Waals surface area contributed by atoms with Crippen LogP contribution in [0.4, 0.5) is 0 Å². The van der Waals surface area contributed by atoms with Crippen molar-refractivity contribution >= 4 is 21.8 Å². The number of rotatable bonds is 5. The number of halogens is 1. The van der Waals surface area contributed by atoms with Gasteiger partial charge in [-0.15, -0.1) is 0 Å². The summed E-state index contributed by atoms with van der Waals surface area (Å²) in [4.78, 5) is 20.5. The molecule has 0 atom stereocenters. The van der Waals surface area contributed by atoms with Crippen LogP contribution in [-0.4, -0.2) is 35.1 Å². The number of benzene rings is 1. The van der Waals surface area contributed by atoms with Crippen LogP contribution in [0.2, 0.25) is 0 Å². The lowest BCUT2D eigenvalue weighted by Gasteiger charge is -2.29. The van der Waals surface area contributed by atoms with Crippen LogP contribution in [0.3, 0.4) is 0 Å². The van der Waals surface area contributed by atoms with Gasteiger partial charge in [-0.3, -0.25) is 9.78 Å². The van der Waals surface area contributed by atoms with Gasteiger partial charge in [-0.2, -0.15) is 4.98 Å². The molecule has 1 saturated carbocycles. The molecule has 25 heavy (non-hydrogen) atoms. The number of carbonyl (C=O) groups excluding carboxylic acids is 1. The minimum Gasteiger partial charge on any atom is -0.480 e. The molecule has 1 heterocycles. The van der Waals surface area contributed by atoms with Crippen molar-refractivity contribution in [2.24, 2.45) is 0 Å². The van der Waals surface area contributed by atoms with Gasteiger partial charge in [0.2, 0.25) is 11.8 Å². The Morgan fingerprint density at radius 1 is 1.12 bits per heavy atom. The predicted molar refractivity (Wildman–Crippen MR) is 96.9 cm³/mol. The minimum absolute atomic E-state index is 0.0319. The molecule has 1 aromatic carbocycles. The second-order valence-electron chi connectivity index (χ2n) is 5.97. The maximum Gasteiger partial charge on any atom is 0.251 e. The van der Waals surface area contributed by atoms with Gasteiger partial charge in [0.25, 0.3) is 5.91 Å². The third-order valence-corrected chi connectivity index (χ3v) is 4.73. The number of nitrogens with zero attached hydrogens (tertiary/aromatic N) is 2. The summed E-state index contributed by atoms with van der Waals surface area (Å²) in [5.74, 6) is 0.880. The molecule has 0 saturated heterocycles. The molecule has 1 fully saturated rings. The van der Waals surface area contributed by atoms with Crippen LogP contribution < -0.4 is 14.8 Å². The fourth-order valence-corrected chi connectivity index (χ4v) is 3.12. The number of hydrogen-bond donors (Lipinski definition) is 1. The van der Waals surface area contributed by atoms with Gasteiger partial charge >= 0.3 is 0 Å². The van der Waals surface area contributed by atoms with E-state index in [1.165, 1.54) is 0 Å². The molecule has 132 valence electrons. The predicted octanol–water partition coefficient (Wildman–Crippen LogP) is 3.37. The highest BCUT2D eigenvalue weighted by Gasteiger charge is 2.24. The Balaban J connectivity index is 1.48. The molecule has 0 spiro atoms. The normalized spacial score (nSPS) is 19.9. The summed E-state index contributed by atoms with van der Waals surface area (Å²) in [6.45, 7) is 0. The largest absolute Gasteiger partial charge is 0.480 e. The molecule has 3 rings (SSSR count). The zero-order valence-electron chi connectivity index (χ0n) is 13.9. The average Bonchev–Trinajstić information content (AvgIpc) is 2.64. The van der Waals surface area contributed by atoms with Crippen LogP contribution in [0, 0.1) is 0 Å². The van der Waals surface area contributed by atoms with Gasteiger partial charge in [0.05, 0.1) is 19.5 Å². The fourth-order valence-electron chi connectivity index (χ4n) is 2.85. The van der Waals surface area contributed by atoms with E-state index in [4.69, 9.17) is 9.47 Å². The van der Waals surface area contributed by atoms with E-state index in [1.54, 1.807) is 19.5 Å². The number of methoxy groups -OCH3 is 1. The minimum atomic E-state index is -0.0319. The smallest absolute Gasteiger partial charge is 0.251 e. The van der Waals surface area contributed by atoms with E-state index in [0.717, 1.165) is 30.2 Å². The Morgan fingerprint density at radius 2 is 1.80 bits per heavy atom. The number of hydrogen-bond acceptors (Lipinski definition) is 5. The first kappa shape index (κ1) is 17.7. The molecule has 1 amide bonds. The van der Waals surface area contributed by atoms with E-state index in [2.05, 4.69) is 31.2 Å². The van der Waals surface area contributed by atoms with Gasteiger partial charge in [0.15, 0.2) is 0 Å². The van der Waals surface area contributed by atoms with E-state index in [9.17, 15) is 4.79 Å². The Kier molecular flexibility index (Phi) is 5.86. The number of carbonyl (C=O) groups is 1. The van der Waals surface area contributed by atoms with Crippen LogP contribution in [-0.2, 0) is 0 Å². The lowest BCUT2D eigenvalue weighted by molar-refractivity contribution is 0.0889. The van der Waals surface area contributed by atoms with Crippen LogP contribution in [0.1, 0.15) is 36.0 Å². The molecular weight excluding hydrogens is 386 g/mol. The molecule has 1 aromatic heterocycles. The summed E-state index contributed by atoms with van der Waals surface area (Å²) in [6.07, 6.45) is 6.70. The topological polar surface area (TPSA) is 73.3 Å². The quantitative estimate of drug-likeness (QED) is 0.825. The van der Waals surface area contributed by atoms with Crippen LogP contribution in [0.5, 0.6) is 11.8 Å². The first-order chi connectivity index (χ1) is 12.1. The Bertz CT molecular complexity index is 716. The van der Waals surface area contributed by atoms with Crippen molar-refractivity contribution in [3.8, 4) is 11.8 Å². The van der Waals surface area contributed by atoms with Crippen molar-refractivity contribution < 1.29 is 14.3 Å². The summed E-state index contributed by atoms with van der Waals surface area (Å²) in [7, 11) is 1.55. The molecule has 1 aliphatic rings. The number of nitrogens with one attached hydrogen (secondary N) is 1.